The summed E-state index contributed by atoms with van der Waals surface area (Å²) in [7, 11) is 0. The average molecular weight is 504 g/mol. The average Bonchev–Trinajstić information content (AvgIpc) is 2.84. The van der Waals surface area contributed by atoms with Gasteiger partial charge in [-0.3, -0.25) is 15.0 Å². The van der Waals surface area contributed by atoms with Crippen LogP contribution in [0.1, 0.15) is 75.7 Å². The van der Waals surface area contributed by atoms with Crippen LogP contribution in [0.2, 0.25) is 0 Å². The standard InChI is InChI=1S/C30H53N3O3/c1-11-30(21-34-18-12-15-31-27(8)24(2)3,22-35-19-13-16-32-28(9)25(4)5)23-36-20-14-17-33-29(10)26(6)7/h12-17,24-26H,11,18-23H2,1-10H3/b15-12+,16-13+,17-14+,31-27+,32-28+,33-29+. The second-order valence-electron chi connectivity index (χ2n) is 10.3. The minimum absolute atomic E-state index is 0.235. The Morgan fingerprint density at radius 3 is 1.08 bits per heavy atom. The largest absolute Gasteiger partial charge is 0.377 e. The van der Waals surface area contributed by atoms with Crippen molar-refractivity contribution in [2.45, 2.75) is 75.7 Å². The van der Waals surface area contributed by atoms with Crippen LogP contribution >= 0.6 is 0 Å². The number of ether oxygens (including phenoxy) is 3. The summed E-state index contributed by atoms with van der Waals surface area (Å²) in [5.74, 6) is 1.34. The molecule has 206 valence electrons. The van der Waals surface area contributed by atoms with Crippen molar-refractivity contribution in [2.75, 3.05) is 39.6 Å². The number of hydrogen-bond donors (Lipinski definition) is 0. The van der Waals surface area contributed by atoms with Crippen molar-refractivity contribution < 1.29 is 14.2 Å². The molecule has 0 aliphatic carbocycles. The SMILES string of the molecule is CCC(COC/C=C/N=C(\C)C(C)C)(COC/C=C/N=C(\C)C(C)C)COC/C=C/N=C(\C)C(C)C. The van der Waals surface area contributed by atoms with E-state index in [0.717, 1.165) is 23.6 Å². The van der Waals surface area contributed by atoms with E-state index in [2.05, 4.69) is 63.4 Å². The fourth-order valence-corrected chi connectivity index (χ4v) is 2.55. The monoisotopic (exact) mass is 503 g/mol. The molecule has 0 aromatic heterocycles. The third kappa shape index (κ3) is 16.7. The highest BCUT2D eigenvalue weighted by Crippen LogP contribution is 2.24. The highest BCUT2D eigenvalue weighted by atomic mass is 16.5. The van der Waals surface area contributed by atoms with Gasteiger partial charge in [-0.05, 0) is 63.2 Å². The van der Waals surface area contributed by atoms with Gasteiger partial charge in [-0.1, -0.05) is 48.5 Å². The molecular weight excluding hydrogens is 450 g/mol. The highest BCUT2D eigenvalue weighted by Gasteiger charge is 2.29. The highest BCUT2D eigenvalue weighted by molar-refractivity contribution is 5.84. The first-order valence-electron chi connectivity index (χ1n) is 13.4. The van der Waals surface area contributed by atoms with Gasteiger partial charge in [0.05, 0.1) is 39.6 Å². The molecule has 0 saturated heterocycles. The lowest BCUT2D eigenvalue weighted by Gasteiger charge is -2.31. The molecule has 0 rings (SSSR count). The van der Waals surface area contributed by atoms with Gasteiger partial charge in [-0.15, -0.1) is 0 Å². The molecule has 0 unspecified atom stereocenters. The van der Waals surface area contributed by atoms with Gasteiger partial charge in [0, 0.05) is 41.1 Å². The zero-order chi connectivity index (χ0) is 27.4. The Morgan fingerprint density at radius 2 is 0.861 bits per heavy atom. The summed E-state index contributed by atoms with van der Waals surface area (Å²) in [5.41, 5.74) is 3.09. The molecule has 0 aliphatic rings. The maximum atomic E-state index is 6.01. The molecule has 0 spiro atoms. The molecule has 0 radical (unpaired) electrons. The predicted molar refractivity (Wildman–Crippen MR) is 156 cm³/mol. The van der Waals surface area contributed by atoms with Gasteiger partial charge in [0.25, 0.3) is 0 Å². The normalized spacial score (nSPS) is 14.8. The van der Waals surface area contributed by atoms with Crippen molar-refractivity contribution in [3.05, 3.63) is 36.8 Å². The zero-order valence-electron chi connectivity index (χ0n) is 24.7. The molecule has 6 heteroatoms. The van der Waals surface area contributed by atoms with Gasteiger partial charge in [0.15, 0.2) is 0 Å². The lowest BCUT2D eigenvalue weighted by atomic mass is 9.88. The van der Waals surface area contributed by atoms with Crippen LogP contribution in [0.4, 0.5) is 0 Å². The summed E-state index contributed by atoms with van der Waals surface area (Å²) in [5, 5.41) is 0. The Morgan fingerprint density at radius 1 is 0.583 bits per heavy atom. The van der Waals surface area contributed by atoms with Gasteiger partial charge in [0.2, 0.25) is 0 Å². The van der Waals surface area contributed by atoms with E-state index in [9.17, 15) is 0 Å². The lowest BCUT2D eigenvalue weighted by molar-refractivity contribution is -0.0588. The van der Waals surface area contributed by atoms with Crippen molar-refractivity contribution in [1.29, 1.82) is 0 Å². The van der Waals surface area contributed by atoms with Gasteiger partial charge < -0.3 is 14.2 Å². The van der Waals surface area contributed by atoms with Crippen molar-refractivity contribution >= 4 is 17.1 Å². The number of hydrogen-bond acceptors (Lipinski definition) is 6. The Labute approximate surface area is 221 Å². The smallest absolute Gasteiger partial charge is 0.0665 e. The zero-order valence-corrected chi connectivity index (χ0v) is 24.7. The topological polar surface area (TPSA) is 64.8 Å². The molecule has 0 atom stereocenters. The molecule has 0 aliphatic heterocycles. The van der Waals surface area contributed by atoms with E-state index in [1.807, 2.05) is 57.6 Å². The Hall–Kier alpha value is -1.89. The molecule has 0 N–H and O–H groups in total. The first-order valence-corrected chi connectivity index (χ1v) is 13.4. The fourth-order valence-electron chi connectivity index (χ4n) is 2.55. The third-order valence-corrected chi connectivity index (χ3v) is 6.27. The Kier molecular flexibility index (Phi) is 19.1. The molecule has 0 heterocycles. The van der Waals surface area contributed by atoms with Crippen LogP contribution in [0.25, 0.3) is 0 Å². The maximum absolute atomic E-state index is 6.01. The van der Waals surface area contributed by atoms with E-state index < -0.39 is 0 Å². The van der Waals surface area contributed by atoms with E-state index in [4.69, 9.17) is 14.2 Å². The van der Waals surface area contributed by atoms with Crippen molar-refractivity contribution in [2.24, 2.45) is 38.1 Å². The van der Waals surface area contributed by atoms with Crippen LogP contribution in [0.5, 0.6) is 0 Å². The molecule has 6 nitrogen and oxygen atoms in total. The summed E-state index contributed by atoms with van der Waals surface area (Å²) in [6.07, 6.45) is 12.2. The second-order valence-corrected chi connectivity index (χ2v) is 10.3. The summed E-state index contributed by atoms with van der Waals surface area (Å²) in [6.45, 7) is 24.2. The van der Waals surface area contributed by atoms with E-state index in [1.54, 1.807) is 0 Å². The quantitative estimate of drug-likeness (QED) is 0.137. The first-order chi connectivity index (χ1) is 17.0. The van der Waals surface area contributed by atoms with Gasteiger partial charge in [-0.25, -0.2) is 0 Å². The molecule has 0 aromatic carbocycles. The van der Waals surface area contributed by atoms with E-state index in [-0.39, 0.29) is 5.41 Å². The van der Waals surface area contributed by atoms with E-state index in [0.29, 0.717) is 57.4 Å². The van der Waals surface area contributed by atoms with Crippen molar-refractivity contribution in [3.63, 3.8) is 0 Å². The summed E-state index contributed by atoms with van der Waals surface area (Å²) in [6, 6.07) is 0. The maximum Gasteiger partial charge on any atom is 0.0665 e. The molecule has 36 heavy (non-hydrogen) atoms. The lowest BCUT2D eigenvalue weighted by Crippen LogP contribution is -2.37. The van der Waals surface area contributed by atoms with Crippen LogP contribution in [0.15, 0.2) is 51.8 Å². The summed E-state index contributed by atoms with van der Waals surface area (Å²) >= 11 is 0. The predicted octanol–water partition coefficient (Wildman–Crippen LogP) is 7.32. The number of nitrogens with zero attached hydrogens (tertiary/aromatic N) is 3. The van der Waals surface area contributed by atoms with Crippen LogP contribution in [0.3, 0.4) is 0 Å². The minimum Gasteiger partial charge on any atom is -0.377 e. The van der Waals surface area contributed by atoms with Gasteiger partial charge >= 0.3 is 0 Å². The van der Waals surface area contributed by atoms with Crippen LogP contribution in [0, 0.1) is 23.2 Å². The van der Waals surface area contributed by atoms with Gasteiger partial charge in [-0.2, -0.15) is 0 Å². The fraction of sp³-hybridized carbons (Fsp3) is 0.700. The molecule has 0 aromatic rings. The number of rotatable bonds is 19. The molecular formula is C30H53N3O3. The van der Waals surface area contributed by atoms with Crippen molar-refractivity contribution in [1.82, 2.24) is 0 Å². The van der Waals surface area contributed by atoms with E-state index >= 15 is 0 Å². The van der Waals surface area contributed by atoms with Crippen molar-refractivity contribution in [3.8, 4) is 0 Å². The minimum atomic E-state index is -0.235. The molecule has 0 bridgehead atoms. The molecule has 0 saturated carbocycles. The number of aliphatic imine (C=N–C) groups is 3. The van der Waals surface area contributed by atoms with Gasteiger partial charge in [0.1, 0.15) is 0 Å². The van der Waals surface area contributed by atoms with E-state index in [1.165, 1.54) is 0 Å². The van der Waals surface area contributed by atoms with Crippen LogP contribution < -0.4 is 0 Å². The molecule has 0 fully saturated rings. The summed E-state index contributed by atoms with van der Waals surface area (Å²) < 4.78 is 18.0. The first kappa shape index (κ1) is 34.1. The van der Waals surface area contributed by atoms with Crippen LogP contribution in [-0.2, 0) is 14.2 Å². The molecule has 0 amide bonds. The van der Waals surface area contributed by atoms with Crippen LogP contribution in [-0.4, -0.2) is 56.8 Å². The third-order valence-electron chi connectivity index (χ3n) is 6.27. The second kappa shape index (κ2) is 20.2. The Bertz CT molecular complexity index is 662. The Balaban J connectivity index is 4.97. The summed E-state index contributed by atoms with van der Waals surface area (Å²) in [4.78, 5) is 13.4.